The van der Waals surface area contributed by atoms with Crippen molar-refractivity contribution in [3.05, 3.63) is 56.8 Å². The van der Waals surface area contributed by atoms with Gasteiger partial charge in [0.25, 0.3) is 0 Å². The number of halogens is 1. The highest BCUT2D eigenvalue weighted by molar-refractivity contribution is 14.1. The second kappa shape index (κ2) is 4.60. The molecule has 0 saturated heterocycles. The van der Waals surface area contributed by atoms with Crippen molar-refractivity contribution in [2.24, 2.45) is 5.41 Å². The van der Waals surface area contributed by atoms with Crippen molar-refractivity contribution in [2.45, 2.75) is 33.6 Å². The minimum atomic E-state index is 0.114. The molecule has 0 saturated carbocycles. The molecule has 0 bridgehead atoms. The normalized spacial score (nSPS) is 25.8. The molecule has 0 heterocycles. The first-order chi connectivity index (χ1) is 7.98. The van der Waals surface area contributed by atoms with Gasteiger partial charge >= 0.3 is 0 Å². The van der Waals surface area contributed by atoms with Crippen LogP contribution in [0.15, 0.2) is 56.8 Å². The highest BCUT2D eigenvalue weighted by atomic mass is 127. The number of allylic oxidation sites excluding steroid dienone is 9. The topological polar surface area (TPSA) is 0 Å². The van der Waals surface area contributed by atoms with E-state index in [9.17, 15) is 0 Å². The molecule has 0 spiro atoms. The van der Waals surface area contributed by atoms with Gasteiger partial charge in [-0.15, -0.1) is 0 Å². The van der Waals surface area contributed by atoms with Crippen molar-refractivity contribution >= 4 is 22.6 Å². The summed E-state index contributed by atoms with van der Waals surface area (Å²) in [6.45, 7) is 11.0. The Morgan fingerprint density at radius 1 is 1.47 bits per heavy atom. The monoisotopic (exact) mass is 338 g/mol. The van der Waals surface area contributed by atoms with Crippen molar-refractivity contribution < 1.29 is 0 Å². The molecule has 90 valence electrons. The zero-order chi connectivity index (χ0) is 12.6. The Morgan fingerprint density at radius 3 is 2.76 bits per heavy atom. The zero-order valence-electron chi connectivity index (χ0n) is 10.8. The van der Waals surface area contributed by atoms with Crippen LogP contribution in [0.4, 0.5) is 0 Å². The smallest absolute Gasteiger partial charge is 0.0155 e. The standard InChI is InChI=1S/C16H19I/c1-5-12(17)10-15-11(2)13-8-6-7-9-14(13)16(15,3)4/h5,7,9-10H,2,6,8H2,1,3-4H3/b12-5+,15-10+. The highest BCUT2D eigenvalue weighted by Crippen LogP contribution is 2.52. The SMILES string of the molecule is C=C1C2=C(C=CCC2)C(C)(C)/C1=C/C(I)=C\C. The first-order valence-corrected chi connectivity index (χ1v) is 7.20. The molecule has 0 aromatic carbocycles. The maximum atomic E-state index is 4.31. The van der Waals surface area contributed by atoms with Crippen LogP contribution in [0, 0.1) is 5.41 Å². The molecule has 0 N–H and O–H groups in total. The molecule has 2 aliphatic rings. The Hall–Kier alpha value is -0.570. The van der Waals surface area contributed by atoms with E-state index >= 15 is 0 Å². The Bertz CT molecular complexity index is 482. The van der Waals surface area contributed by atoms with Gasteiger partial charge in [-0.05, 0) is 70.7 Å². The Labute approximate surface area is 118 Å². The average molecular weight is 338 g/mol. The van der Waals surface area contributed by atoms with Crippen LogP contribution in [-0.4, -0.2) is 0 Å². The number of hydrogen-bond acceptors (Lipinski definition) is 0. The van der Waals surface area contributed by atoms with E-state index in [2.05, 4.69) is 74.2 Å². The molecule has 0 amide bonds. The molecule has 0 nitrogen and oxygen atoms in total. The van der Waals surface area contributed by atoms with Gasteiger partial charge in [0.2, 0.25) is 0 Å². The summed E-state index contributed by atoms with van der Waals surface area (Å²) in [6, 6.07) is 0. The zero-order valence-corrected chi connectivity index (χ0v) is 13.0. The average Bonchev–Trinajstić information content (AvgIpc) is 2.51. The van der Waals surface area contributed by atoms with E-state index < -0.39 is 0 Å². The van der Waals surface area contributed by atoms with Gasteiger partial charge in [-0.2, -0.15) is 0 Å². The van der Waals surface area contributed by atoms with E-state index in [1.807, 2.05) is 0 Å². The summed E-state index contributed by atoms with van der Waals surface area (Å²) >= 11 is 2.38. The van der Waals surface area contributed by atoms with Gasteiger partial charge in [-0.25, -0.2) is 0 Å². The highest BCUT2D eigenvalue weighted by Gasteiger charge is 2.38. The van der Waals surface area contributed by atoms with Gasteiger partial charge in [0.05, 0.1) is 0 Å². The molecule has 1 heteroatoms. The van der Waals surface area contributed by atoms with Gasteiger partial charge in [-0.1, -0.05) is 38.7 Å². The van der Waals surface area contributed by atoms with Crippen molar-refractivity contribution in [1.82, 2.24) is 0 Å². The lowest BCUT2D eigenvalue weighted by Gasteiger charge is -2.24. The van der Waals surface area contributed by atoms with Gasteiger partial charge in [0, 0.05) is 8.99 Å². The molecule has 2 aliphatic carbocycles. The molecule has 0 aliphatic heterocycles. The van der Waals surface area contributed by atoms with E-state index in [0.29, 0.717) is 0 Å². The van der Waals surface area contributed by atoms with E-state index in [0.717, 1.165) is 12.8 Å². The van der Waals surface area contributed by atoms with Crippen LogP contribution < -0.4 is 0 Å². The van der Waals surface area contributed by atoms with Crippen LogP contribution in [0.2, 0.25) is 0 Å². The van der Waals surface area contributed by atoms with E-state index in [-0.39, 0.29) is 5.41 Å². The third-order valence-electron chi connectivity index (χ3n) is 3.76. The van der Waals surface area contributed by atoms with E-state index in [4.69, 9.17) is 0 Å². The van der Waals surface area contributed by atoms with Gasteiger partial charge in [0.1, 0.15) is 0 Å². The molecule has 0 unspecified atom stereocenters. The maximum Gasteiger partial charge on any atom is 0.0155 e. The predicted molar refractivity (Wildman–Crippen MR) is 84.2 cm³/mol. The quantitative estimate of drug-likeness (QED) is 0.554. The molecular formula is C16H19I. The van der Waals surface area contributed by atoms with Crippen molar-refractivity contribution in [3.8, 4) is 0 Å². The maximum absolute atomic E-state index is 4.31. The van der Waals surface area contributed by atoms with Crippen LogP contribution in [0.3, 0.4) is 0 Å². The Kier molecular flexibility index (Phi) is 3.48. The molecule has 0 radical (unpaired) electrons. The van der Waals surface area contributed by atoms with Gasteiger partial charge in [0.15, 0.2) is 0 Å². The lowest BCUT2D eigenvalue weighted by Crippen LogP contribution is -2.12. The number of hydrogen-bond donors (Lipinski definition) is 0. The summed E-state index contributed by atoms with van der Waals surface area (Å²) in [4.78, 5) is 0. The molecular weight excluding hydrogens is 319 g/mol. The fourth-order valence-electron chi connectivity index (χ4n) is 2.74. The second-order valence-electron chi connectivity index (χ2n) is 5.17. The summed E-state index contributed by atoms with van der Waals surface area (Å²) in [5.74, 6) is 0. The third-order valence-corrected chi connectivity index (χ3v) is 4.70. The summed E-state index contributed by atoms with van der Waals surface area (Å²) in [5, 5.41) is 0. The predicted octanol–water partition coefficient (Wildman–Crippen LogP) is 5.49. The Morgan fingerprint density at radius 2 is 2.18 bits per heavy atom. The van der Waals surface area contributed by atoms with Gasteiger partial charge in [-0.3, -0.25) is 0 Å². The summed E-state index contributed by atoms with van der Waals surface area (Å²) in [7, 11) is 0. The Balaban J connectivity index is 2.52. The van der Waals surface area contributed by atoms with Crippen LogP contribution in [0.5, 0.6) is 0 Å². The first-order valence-electron chi connectivity index (χ1n) is 6.12. The summed E-state index contributed by atoms with van der Waals surface area (Å²) in [6.07, 6.45) is 11.3. The molecule has 2 rings (SSSR count). The fraction of sp³-hybridized carbons (Fsp3) is 0.375. The van der Waals surface area contributed by atoms with E-state index in [1.165, 1.54) is 25.9 Å². The number of rotatable bonds is 1. The molecule has 0 aromatic heterocycles. The molecule has 0 aromatic rings. The van der Waals surface area contributed by atoms with Crippen molar-refractivity contribution in [2.75, 3.05) is 0 Å². The lowest BCUT2D eigenvalue weighted by molar-refractivity contribution is 0.576. The van der Waals surface area contributed by atoms with Crippen LogP contribution in [0.25, 0.3) is 0 Å². The molecule has 0 atom stereocenters. The van der Waals surface area contributed by atoms with Crippen molar-refractivity contribution in [3.63, 3.8) is 0 Å². The van der Waals surface area contributed by atoms with E-state index in [1.54, 1.807) is 0 Å². The lowest BCUT2D eigenvalue weighted by atomic mass is 9.80. The van der Waals surface area contributed by atoms with Crippen LogP contribution >= 0.6 is 22.6 Å². The minimum Gasteiger partial charge on any atom is -0.0912 e. The van der Waals surface area contributed by atoms with Crippen LogP contribution in [0.1, 0.15) is 33.6 Å². The summed E-state index contributed by atoms with van der Waals surface area (Å²) in [5.41, 5.74) is 5.70. The largest absolute Gasteiger partial charge is 0.0912 e. The molecule has 17 heavy (non-hydrogen) atoms. The third kappa shape index (κ3) is 2.10. The molecule has 0 fully saturated rings. The van der Waals surface area contributed by atoms with Crippen LogP contribution in [-0.2, 0) is 0 Å². The van der Waals surface area contributed by atoms with Crippen molar-refractivity contribution in [1.29, 1.82) is 0 Å². The minimum absolute atomic E-state index is 0.114. The fourth-order valence-corrected chi connectivity index (χ4v) is 3.05. The van der Waals surface area contributed by atoms with Gasteiger partial charge < -0.3 is 0 Å². The first kappa shape index (κ1) is 12.9. The second-order valence-corrected chi connectivity index (χ2v) is 6.41. The summed E-state index contributed by atoms with van der Waals surface area (Å²) < 4.78 is 1.29.